The molecule has 0 radical (unpaired) electrons. The second kappa shape index (κ2) is 7.52. The van der Waals surface area contributed by atoms with Gasteiger partial charge in [-0.15, -0.1) is 0 Å². The van der Waals surface area contributed by atoms with Crippen LogP contribution in [0, 0.1) is 0 Å². The minimum Gasteiger partial charge on any atom is -0.480 e. The molecule has 108 valence electrons. The number of thioether (sulfide) groups is 1. The van der Waals surface area contributed by atoms with Gasteiger partial charge in [0.2, 0.25) is 11.0 Å². The fourth-order valence-corrected chi connectivity index (χ4v) is 2.93. The summed E-state index contributed by atoms with van der Waals surface area (Å²) in [5.74, 6) is -1.82. The van der Waals surface area contributed by atoms with E-state index in [0.29, 0.717) is 0 Å². The molecule has 1 aromatic rings. The first-order valence-electron chi connectivity index (χ1n) is 5.44. The Morgan fingerprint density at radius 2 is 1.85 bits per heavy atom. The van der Waals surface area contributed by atoms with E-state index < -0.39 is 23.0 Å². The maximum Gasteiger partial charge on any atom is 0.327 e. The van der Waals surface area contributed by atoms with Crippen molar-refractivity contribution in [3.8, 4) is 0 Å². The van der Waals surface area contributed by atoms with Gasteiger partial charge in [-0.1, -0.05) is 41.0 Å². The minimum atomic E-state index is -1.22. The number of aliphatic carboxylic acids is 1. The van der Waals surface area contributed by atoms with E-state index in [0.717, 1.165) is 11.8 Å². The lowest BCUT2D eigenvalue weighted by atomic mass is 10.2. The van der Waals surface area contributed by atoms with Gasteiger partial charge in [-0.05, 0) is 12.1 Å². The molecule has 0 saturated carbocycles. The van der Waals surface area contributed by atoms with Crippen LogP contribution in [0.15, 0.2) is 18.2 Å². The monoisotopic (exact) mass is 335 g/mol. The largest absolute Gasteiger partial charge is 0.480 e. The summed E-state index contributed by atoms with van der Waals surface area (Å²) in [4.78, 5) is 33.8. The Labute approximate surface area is 129 Å². The highest BCUT2D eigenvalue weighted by Gasteiger charge is 2.22. The van der Waals surface area contributed by atoms with Crippen molar-refractivity contribution in [2.24, 2.45) is 0 Å². The standard InChI is InChI=1S/C12H11Cl2NO4S/c1-6(16)15-9(11(17)18)5-20-12(19)10-7(13)3-2-4-8(10)14/h2-4,9H,5H2,1H3,(H,15,16)(H,17,18)/t9-/m0/s1. The van der Waals surface area contributed by atoms with Gasteiger partial charge in [0.15, 0.2) is 0 Å². The number of nitrogens with one attached hydrogen (secondary N) is 1. The molecule has 0 aliphatic heterocycles. The van der Waals surface area contributed by atoms with Crippen LogP contribution >= 0.6 is 35.0 Å². The third kappa shape index (κ3) is 4.70. The van der Waals surface area contributed by atoms with E-state index in [1.54, 1.807) is 6.07 Å². The number of hydrogen-bond donors (Lipinski definition) is 2. The van der Waals surface area contributed by atoms with Crippen molar-refractivity contribution < 1.29 is 19.5 Å². The molecule has 0 unspecified atom stereocenters. The van der Waals surface area contributed by atoms with Crippen molar-refractivity contribution in [3.05, 3.63) is 33.8 Å². The highest BCUT2D eigenvalue weighted by molar-refractivity contribution is 8.14. The van der Waals surface area contributed by atoms with Crippen molar-refractivity contribution in [2.45, 2.75) is 13.0 Å². The smallest absolute Gasteiger partial charge is 0.327 e. The lowest BCUT2D eigenvalue weighted by Gasteiger charge is -2.12. The van der Waals surface area contributed by atoms with E-state index in [9.17, 15) is 14.4 Å². The van der Waals surface area contributed by atoms with E-state index in [4.69, 9.17) is 28.3 Å². The van der Waals surface area contributed by atoms with Gasteiger partial charge < -0.3 is 10.4 Å². The molecule has 20 heavy (non-hydrogen) atoms. The maximum atomic E-state index is 12.0. The van der Waals surface area contributed by atoms with Crippen LogP contribution in [0.5, 0.6) is 0 Å². The molecule has 0 aliphatic carbocycles. The van der Waals surface area contributed by atoms with E-state index >= 15 is 0 Å². The summed E-state index contributed by atoms with van der Waals surface area (Å²) in [7, 11) is 0. The summed E-state index contributed by atoms with van der Waals surface area (Å²) in [5.41, 5.74) is 0.132. The number of halogens is 2. The van der Waals surface area contributed by atoms with Crippen LogP contribution in [0.2, 0.25) is 10.0 Å². The fraction of sp³-hybridized carbons (Fsp3) is 0.250. The molecule has 8 heteroatoms. The average molecular weight is 336 g/mol. The molecule has 0 saturated heterocycles. The number of carbonyl (C=O) groups is 3. The zero-order valence-electron chi connectivity index (χ0n) is 10.4. The molecule has 1 amide bonds. The molecular formula is C12H11Cl2NO4S. The molecule has 1 aromatic carbocycles. The van der Waals surface area contributed by atoms with E-state index in [2.05, 4.69) is 5.32 Å². The summed E-state index contributed by atoms with van der Waals surface area (Å²) in [6.07, 6.45) is 0. The minimum absolute atomic E-state index is 0.116. The first-order valence-corrected chi connectivity index (χ1v) is 7.18. The third-order valence-electron chi connectivity index (χ3n) is 2.22. The topological polar surface area (TPSA) is 83.5 Å². The van der Waals surface area contributed by atoms with Crippen molar-refractivity contribution in [1.29, 1.82) is 0 Å². The Balaban J connectivity index is 2.75. The van der Waals surface area contributed by atoms with Gasteiger partial charge in [0.05, 0.1) is 15.6 Å². The molecule has 1 rings (SSSR count). The van der Waals surface area contributed by atoms with Crippen LogP contribution in [0.1, 0.15) is 17.3 Å². The molecule has 0 spiro atoms. The SMILES string of the molecule is CC(=O)N[C@@H](CSC(=O)c1c(Cl)cccc1Cl)C(=O)O. The fourth-order valence-electron chi connectivity index (χ4n) is 1.34. The Morgan fingerprint density at radius 1 is 1.30 bits per heavy atom. The van der Waals surface area contributed by atoms with Gasteiger partial charge in [0.25, 0.3) is 0 Å². The number of carboxylic acid groups (broad SMARTS) is 1. The van der Waals surface area contributed by atoms with Crippen LogP contribution < -0.4 is 5.32 Å². The predicted octanol–water partition coefficient (Wildman–Crippen LogP) is 2.46. The maximum absolute atomic E-state index is 12.0. The molecule has 0 bridgehead atoms. The van der Waals surface area contributed by atoms with E-state index in [1.807, 2.05) is 0 Å². The molecule has 0 fully saturated rings. The molecule has 0 heterocycles. The van der Waals surface area contributed by atoms with Crippen molar-refractivity contribution in [2.75, 3.05) is 5.75 Å². The van der Waals surface area contributed by atoms with Crippen LogP contribution in [0.3, 0.4) is 0 Å². The number of benzene rings is 1. The number of amides is 1. The predicted molar refractivity (Wildman–Crippen MR) is 78.5 cm³/mol. The molecule has 0 aliphatic rings. The van der Waals surface area contributed by atoms with Gasteiger partial charge in [-0.25, -0.2) is 4.79 Å². The van der Waals surface area contributed by atoms with Crippen LogP contribution in [-0.4, -0.2) is 33.9 Å². The van der Waals surface area contributed by atoms with E-state index in [1.165, 1.54) is 19.1 Å². The van der Waals surface area contributed by atoms with Crippen LogP contribution in [0.4, 0.5) is 0 Å². The highest BCUT2D eigenvalue weighted by atomic mass is 35.5. The first-order chi connectivity index (χ1) is 9.32. The third-order valence-corrected chi connectivity index (χ3v) is 3.82. The van der Waals surface area contributed by atoms with Gasteiger partial charge >= 0.3 is 5.97 Å². The second-order valence-corrected chi connectivity index (χ2v) is 5.59. The lowest BCUT2D eigenvalue weighted by molar-refractivity contribution is -0.140. The zero-order valence-corrected chi connectivity index (χ0v) is 12.7. The summed E-state index contributed by atoms with van der Waals surface area (Å²) >= 11 is 12.5. The number of carboxylic acids is 1. The van der Waals surface area contributed by atoms with Crippen LogP contribution in [0.25, 0.3) is 0 Å². The van der Waals surface area contributed by atoms with Gasteiger partial charge in [0.1, 0.15) is 6.04 Å². The summed E-state index contributed by atoms with van der Waals surface area (Å²) < 4.78 is 0. The Kier molecular flexibility index (Phi) is 6.32. The second-order valence-electron chi connectivity index (χ2n) is 3.79. The Bertz CT molecular complexity index is 530. The number of carbonyl (C=O) groups excluding carboxylic acids is 2. The van der Waals surface area contributed by atoms with Gasteiger partial charge in [0, 0.05) is 12.7 Å². The molecule has 2 N–H and O–H groups in total. The van der Waals surface area contributed by atoms with Gasteiger partial charge in [-0.3, -0.25) is 9.59 Å². The van der Waals surface area contributed by atoms with Crippen molar-refractivity contribution >= 4 is 52.0 Å². The summed E-state index contributed by atoms with van der Waals surface area (Å²) in [6, 6.07) is 3.49. The Morgan fingerprint density at radius 3 is 2.30 bits per heavy atom. The molecule has 5 nitrogen and oxygen atoms in total. The van der Waals surface area contributed by atoms with Crippen LogP contribution in [-0.2, 0) is 9.59 Å². The number of rotatable bonds is 5. The van der Waals surface area contributed by atoms with Gasteiger partial charge in [-0.2, -0.15) is 0 Å². The number of hydrogen-bond acceptors (Lipinski definition) is 4. The molecule has 0 aromatic heterocycles. The zero-order chi connectivity index (χ0) is 15.3. The highest BCUT2D eigenvalue weighted by Crippen LogP contribution is 2.28. The molecule has 1 atom stereocenters. The lowest BCUT2D eigenvalue weighted by Crippen LogP contribution is -2.41. The summed E-state index contributed by atoms with van der Waals surface area (Å²) in [6.45, 7) is 1.20. The Hall–Kier alpha value is -1.24. The summed E-state index contributed by atoms with van der Waals surface area (Å²) in [5, 5.41) is 11.1. The first kappa shape index (κ1) is 16.8. The van der Waals surface area contributed by atoms with E-state index in [-0.39, 0.29) is 21.4 Å². The normalized spacial score (nSPS) is 11.8. The van der Waals surface area contributed by atoms with Crippen molar-refractivity contribution in [1.82, 2.24) is 5.32 Å². The average Bonchev–Trinajstić information content (AvgIpc) is 2.33. The quantitative estimate of drug-likeness (QED) is 0.863. The van der Waals surface area contributed by atoms with Crippen molar-refractivity contribution in [3.63, 3.8) is 0 Å². The molecular weight excluding hydrogens is 325 g/mol.